The number of ether oxygens (including phenoxy) is 1. The van der Waals surface area contributed by atoms with Gasteiger partial charge in [0.05, 0.1) is 12.7 Å². The van der Waals surface area contributed by atoms with Crippen LogP contribution in [0.2, 0.25) is 0 Å². The molecule has 12 nitrogen and oxygen atoms in total. The molecule has 3 heterocycles. The number of anilines is 2. The molecule has 0 radical (unpaired) electrons. The Labute approximate surface area is 227 Å². The lowest BCUT2D eigenvalue weighted by Gasteiger charge is -2.17. The molecular formula is C25H30F3N7O5. The van der Waals surface area contributed by atoms with Gasteiger partial charge < -0.3 is 30.9 Å². The molecule has 1 fully saturated rings. The number of alkyl halides is 3. The Bertz CT molecular complexity index is 1310. The van der Waals surface area contributed by atoms with E-state index in [9.17, 15) is 33.0 Å². The summed E-state index contributed by atoms with van der Waals surface area (Å²) in [5, 5.41) is 27.6. The zero-order valence-corrected chi connectivity index (χ0v) is 21.4. The van der Waals surface area contributed by atoms with Gasteiger partial charge in [-0.25, -0.2) is 15.0 Å². The van der Waals surface area contributed by atoms with E-state index in [1.54, 1.807) is 34.9 Å². The monoisotopic (exact) mass is 565 g/mol. The second-order valence-electron chi connectivity index (χ2n) is 9.23. The highest BCUT2D eigenvalue weighted by Crippen LogP contribution is 2.35. The molecule has 1 aliphatic rings. The van der Waals surface area contributed by atoms with Crippen LogP contribution in [0.5, 0.6) is 0 Å². The Kier molecular flexibility index (Phi) is 9.50. The van der Waals surface area contributed by atoms with E-state index in [-0.39, 0.29) is 31.3 Å². The van der Waals surface area contributed by atoms with Crippen LogP contribution in [-0.2, 0) is 9.53 Å². The summed E-state index contributed by atoms with van der Waals surface area (Å²) >= 11 is 0. The van der Waals surface area contributed by atoms with E-state index < -0.39 is 30.5 Å². The van der Waals surface area contributed by atoms with Gasteiger partial charge in [0.2, 0.25) is 5.95 Å². The molecule has 3 aromatic rings. The summed E-state index contributed by atoms with van der Waals surface area (Å²) in [5.74, 6) is -1.81. The first-order valence-electron chi connectivity index (χ1n) is 12.8. The first kappa shape index (κ1) is 29.2. The third-order valence-corrected chi connectivity index (χ3v) is 6.35. The number of amides is 2. The number of carbonyl (C=O) groups is 2. The van der Waals surface area contributed by atoms with Crippen LogP contribution in [-0.4, -0.2) is 79.6 Å². The molecule has 40 heavy (non-hydrogen) atoms. The van der Waals surface area contributed by atoms with Crippen molar-refractivity contribution >= 4 is 34.7 Å². The van der Waals surface area contributed by atoms with E-state index in [1.807, 2.05) is 5.32 Å². The maximum absolute atomic E-state index is 12.7. The second-order valence-corrected chi connectivity index (χ2v) is 9.23. The van der Waals surface area contributed by atoms with Crippen LogP contribution in [0.3, 0.4) is 0 Å². The van der Waals surface area contributed by atoms with Crippen LogP contribution in [0, 0.1) is 0 Å². The predicted molar refractivity (Wildman–Crippen MR) is 137 cm³/mol. The number of aliphatic hydroxyl groups excluding tert-OH is 2. The van der Waals surface area contributed by atoms with Crippen LogP contribution in [0.1, 0.15) is 48.7 Å². The molecular weight excluding hydrogens is 535 g/mol. The predicted octanol–water partition coefficient (Wildman–Crippen LogP) is 2.37. The zero-order chi connectivity index (χ0) is 28.7. The molecule has 15 heteroatoms. The van der Waals surface area contributed by atoms with Gasteiger partial charge in [-0.3, -0.25) is 14.2 Å². The maximum atomic E-state index is 12.7. The normalized spacial score (nSPS) is 19.1. The van der Waals surface area contributed by atoms with Crippen molar-refractivity contribution in [2.75, 3.05) is 30.3 Å². The van der Waals surface area contributed by atoms with Gasteiger partial charge >= 0.3 is 12.1 Å². The quantitative estimate of drug-likeness (QED) is 0.208. The summed E-state index contributed by atoms with van der Waals surface area (Å²) in [6.45, 7) is 0.00497. The zero-order valence-electron chi connectivity index (χ0n) is 21.4. The fraction of sp³-hybridized carbons (Fsp3) is 0.480. The highest BCUT2D eigenvalue weighted by molar-refractivity contribution is 6.06. The number of nitrogens with zero attached hydrogens (tertiary/aromatic N) is 4. The first-order valence-corrected chi connectivity index (χ1v) is 12.8. The Balaban J connectivity index is 1.44. The Morgan fingerprint density at radius 2 is 1.80 bits per heavy atom. The third kappa shape index (κ3) is 7.03. The molecule has 0 saturated carbocycles. The number of imidazole rings is 1. The maximum Gasteiger partial charge on any atom is 0.471 e. The molecule has 0 bridgehead atoms. The fourth-order valence-electron chi connectivity index (χ4n) is 4.31. The summed E-state index contributed by atoms with van der Waals surface area (Å²) in [4.78, 5) is 36.7. The molecule has 1 saturated heterocycles. The number of aromatic nitrogens is 4. The first-order chi connectivity index (χ1) is 19.2. The number of rotatable bonds is 12. The molecule has 1 aliphatic heterocycles. The topological polar surface area (TPSA) is 164 Å². The van der Waals surface area contributed by atoms with Crippen LogP contribution >= 0.6 is 0 Å². The van der Waals surface area contributed by atoms with Gasteiger partial charge in [-0.1, -0.05) is 31.0 Å². The van der Waals surface area contributed by atoms with Crippen molar-refractivity contribution in [1.82, 2.24) is 24.8 Å². The summed E-state index contributed by atoms with van der Waals surface area (Å²) in [5.41, 5.74) is 1.07. The standard InChI is InChI=1S/C25H30F3N7O5/c26-25(27,28)23(39)29-10-6-1-2-7-11-30-24-33-19-20(34-22(38)15-8-4-3-5-9-15)31-14-32-21(19)35(24)18-12-16(37)17(13-36)40-18/h3-5,8-9,14,16-18,36-37H,1-2,6-7,10-13H2,(H,29,39)(H,30,33)(H,31,32,34,38)/t16?,17-,18-/m1/s1. The third-order valence-electron chi connectivity index (χ3n) is 6.35. The molecule has 5 N–H and O–H groups in total. The van der Waals surface area contributed by atoms with Crippen molar-refractivity contribution < 1.29 is 37.7 Å². The van der Waals surface area contributed by atoms with Gasteiger partial charge in [0.25, 0.3) is 5.91 Å². The molecule has 3 atom stereocenters. The highest BCUT2D eigenvalue weighted by atomic mass is 19.4. The van der Waals surface area contributed by atoms with E-state index in [1.165, 1.54) is 6.33 Å². The van der Waals surface area contributed by atoms with Gasteiger partial charge in [-0.15, -0.1) is 0 Å². The Morgan fingerprint density at radius 3 is 2.48 bits per heavy atom. The van der Waals surface area contributed by atoms with Crippen molar-refractivity contribution in [3.63, 3.8) is 0 Å². The number of benzene rings is 1. The summed E-state index contributed by atoms with van der Waals surface area (Å²) in [6.07, 6.45) is -3.51. The van der Waals surface area contributed by atoms with Crippen molar-refractivity contribution in [3.05, 3.63) is 42.2 Å². The highest BCUT2D eigenvalue weighted by Gasteiger charge is 2.38. The van der Waals surface area contributed by atoms with Crippen molar-refractivity contribution in [3.8, 4) is 0 Å². The van der Waals surface area contributed by atoms with Crippen molar-refractivity contribution in [2.24, 2.45) is 0 Å². The van der Waals surface area contributed by atoms with Gasteiger partial charge in [0, 0.05) is 25.1 Å². The van der Waals surface area contributed by atoms with E-state index in [0.29, 0.717) is 54.9 Å². The number of aliphatic hydroxyl groups is 2. The smallest absolute Gasteiger partial charge is 0.394 e. The summed E-state index contributed by atoms with van der Waals surface area (Å²) in [7, 11) is 0. The van der Waals surface area contributed by atoms with Crippen LogP contribution < -0.4 is 16.0 Å². The molecule has 4 rings (SSSR count). The molecule has 0 spiro atoms. The average molecular weight is 566 g/mol. The number of halogens is 3. The molecule has 216 valence electrons. The lowest BCUT2D eigenvalue weighted by Crippen LogP contribution is -2.37. The van der Waals surface area contributed by atoms with Crippen LogP contribution in [0.4, 0.5) is 24.9 Å². The van der Waals surface area contributed by atoms with Gasteiger partial charge in [0.15, 0.2) is 17.0 Å². The number of carbonyl (C=O) groups excluding carboxylic acids is 2. The van der Waals surface area contributed by atoms with Crippen molar-refractivity contribution in [2.45, 2.75) is 56.7 Å². The fourth-order valence-corrected chi connectivity index (χ4v) is 4.31. The molecule has 2 aromatic heterocycles. The number of nitrogens with one attached hydrogen (secondary N) is 3. The number of hydrogen-bond acceptors (Lipinski definition) is 9. The average Bonchev–Trinajstić information content (AvgIpc) is 3.49. The van der Waals surface area contributed by atoms with Gasteiger partial charge in [-0.05, 0) is 25.0 Å². The van der Waals surface area contributed by atoms with Crippen LogP contribution in [0.15, 0.2) is 36.7 Å². The molecule has 1 aromatic carbocycles. The molecule has 1 unspecified atom stereocenters. The van der Waals surface area contributed by atoms with Crippen LogP contribution in [0.25, 0.3) is 11.2 Å². The molecule has 0 aliphatic carbocycles. The number of fused-ring (bicyclic) bond motifs is 1. The molecule has 2 amide bonds. The Hall–Kier alpha value is -3.82. The minimum absolute atomic E-state index is 0.0644. The van der Waals surface area contributed by atoms with E-state index in [2.05, 4.69) is 25.6 Å². The van der Waals surface area contributed by atoms with Gasteiger partial charge in [-0.2, -0.15) is 13.2 Å². The lowest BCUT2D eigenvalue weighted by atomic mass is 10.2. The van der Waals surface area contributed by atoms with Crippen molar-refractivity contribution in [1.29, 1.82) is 0 Å². The SMILES string of the molecule is O=C(Nc1ncnc2c1nc(NCCCCCCNC(=O)C(F)(F)F)n2[C@H]1CC(O)[C@@H](CO)O1)c1ccccc1. The minimum atomic E-state index is -4.89. The number of hydrogen-bond donors (Lipinski definition) is 5. The summed E-state index contributed by atoms with van der Waals surface area (Å²) in [6, 6.07) is 8.58. The minimum Gasteiger partial charge on any atom is -0.394 e. The van der Waals surface area contributed by atoms with Gasteiger partial charge in [0.1, 0.15) is 18.7 Å². The van der Waals surface area contributed by atoms with E-state index in [0.717, 1.165) is 0 Å². The second kappa shape index (κ2) is 13.0. The Morgan fingerprint density at radius 1 is 1.07 bits per heavy atom. The number of unbranched alkanes of at least 4 members (excludes halogenated alkanes) is 3. The lowest BCUT2D eigenvalue weighted by molar-refractivity contribution is -0.173. The van der Waals surface area contributed by atoms with E-state index >= 15 is 0 Å². The van der Waals surface area contributed by atoms with E-state index in [4.69, 9.17) is 4.74 Å². The largest absolute Gasteiger partial charge is 0.471 e. The summed E-state index contributed by atoms with van der Waals surface area (Å²) < 4.78 is 44.2.